The lowest BCUT2D eigenvalue weighted by Crippen LogP contribution is -2.30. The van der Waals surface area contributed by atoms with Crippen LogP contribution in [0.1, 0.15) is 29.7 Å². The summed E-state index contributed by atoms with van der Waals surface area (Å²) in [6, 6.07) is 15.6. The van der Waals surface area contributed by atoms with Crippen molar-refractivity contribution in [3.8, 4) is 17.2 Å². The molecule has 1 atom stereocenters. The van der Waals surface area contributed by atoms with E-state index >= 15 is 0 Å². The van der Waals surface area contributed by atoms with Crippen molar-refractivity contribution in [2.24, 2.45) is 0 Å². The number of ketones is 1. The largest absolute Gasteiger partial charge is 0.507 e. The lowest BCUT2D eigenvalue weighted by molar-refractivity contribution is -0.132. The molecule has 0 bridgehead atoms. The zero-order valence-corrected chi connectivity index (χ0v) is 20.5. The lowest BCUT2D eigenvalue weighted by atomic mass is 9.95. The van der Waals surface area contributed by atoms with E-state index in [0.717, 1.165) is 5.56 Å². The molecule has 1 aliphatic heterocycles. The average Bonchev–Trinajstić information content (AvgIpc) is 3.42. The molecule has 188 valence electrons. The van der Waals surface area contributed by atoms with Gasteiger partial charge in [0.15, 0.2) is 11.5 Å². The first kappa shape index (κ1) is 23.9. The van der Waals surface area contributed by atoms with Gasteiger partial charge in [0.2, 0.25) is 5.95 Å². The fourth-order valence-electron chi connectivity index (χ4n) is 4.47. The molecule has 9 heteroatoms. The van der Waals surface area contributed by atoms with Gasteiger partial charge in [0.1, 0.15) is 11.5 Å². The number of hydrogen-bond donors (Lipinski definition) is 3. The number of hydrogen-bond acceptors (Lipinski definition) is 7. The van der Waals surface area contributed by atoms with Crippen LogP contribution in [-0.4, -0.2) is 45.6 Å². The number of carbonyl (C=O) groups excluding carboxylic acids is 2. The van der Waals surface area contributed by atoms with Crippen molar-refractivity contribution in [2.45, 2.75) is 19.9 Å². The van der Waals surface area contributed by atoms with Gasteiger partial charge in [-0.3, -0.25) is 14.5 Å². The topological polar surface area (TPSA) is 125 Å². The number of nitrogens with zero attached hydrogens (tertiary/aromatic N) is 2. The van der Waals surface area contributed by atoms with Crippen LogP contribution >= 0.6 is 0 Å². The molecule has 1 saturated heterocycles. The minimum atomic E-state index is -1.04. The van der Waals surface area contributed by atoms with Crippen LogP contribution in [0, 0.1) is 6.92 Å². The molecule has 1 aliphatic rings. The number of carbonyl (C=O) groups is 2. The number of aliphatic hydroxyl groups is 1. The van der Waals surface area contributed by atoms with Crippen LogP contribution in [0.3, 0.4) is 0 Å². The zero-order valence-electron chi connectivity index (χ0n) is 20.5. The Morgan fingerprint density at radius 2 is 1.84 bits per heavy atom. The molecule has 1 fully saturated rings. The van der Waals surface area contributed by atoms with Crippen LogP contribution in [0.25, 0.3) is 16.8 Å². The fraction of sp³-hybridized carbons (Fsp3) is 0.179. The predicted molar refractivity (Wildman–Crippen MR) is 138 cm³/mol. The molecule has 3 aromatic carbocycles. The number of aliphatic hydroxyl groups excluding tert-OH is 1. The van der Waals surface area contributed by atoms with Gasteiger partial charge >= 0.3 is 5.91 Å². The monoisotopic (exact) mass is 499 g/mol. The Kier molecular flexibility index (Phi) is 6.04. The summed E-state index contributed by atoms with van der Waals surface area (Å²) in [6.07, 6.45) is 0. The molecule has 0 aliphatic carbocycles. The number of methoxy groups -OCH3 is 1. The van der Waals surface area contributed by atoms with E-state index in [-0.39, 0.29) is 28.8 Å². The Morgan fingerprint density at radius 3 is 2.54 bits per heavy atom. The number of aryl methyl sites for hydroxylation is 1. The van der Waals surface area contributed by atoms with E-state index in [1.54, 1.807) is 43.3 Å². The fourth-order valence-corrected chi connectivity index (χ4v) is 4.47. The van der Waals surface area contributed by atoms with Crippen molar-refractivity contribution >= 4 is 34.4 Å². The Labute approximate surface area is 212 Å². The molecular formula is C28H25N3O6. The zero-order chi connectivity index (χ0) is 26.3. The molecule has 37 heavy (non-hydrogen) atoms. The van der Waals surface area contributed by atoms with E-state index < -0.39 is 17.7 Å². The van der Waals surface area contributed by atoms with E-state index in [1.807, 2.05) is 25.1 Å². The number of imidazole rings is 1. The normalized spacial score (nSPS) is 16.9. The predicted octanol–water partition coefficient (Wildman–Crippen LogP) is 4.61. The number of ether oxygens (including phenoxy) is 2. The third-order valence-electron chi connectivity index (χ3n) is 6.26. The molecular weight excluding hydrogens is 474 g/mol. The number of aromatic hydroxyl groups is 1. The first-order chi connectivity index (χ1) is 17.8. The molecule has 3 N–H and O–H groups in total. The van der Waals surface area contributed by atoms with Crippen LogP contribution in [0.5, 0.6) is 17.2 Å². The van der Waals surface area contributed by atoms with Crippen molar-refractivity contribution in [1.82, 2.24) is 9.97 Å². The maximum absolute atomic E-state index is 13.4. The van der Waals surface area contributed by atoms with Gasteiger partial charge in [-0.2, -0.15) is 0 Å². The molecule has 9 nitrogen and oxygen atoms in total. The van der Waals surface area contributed by atoms with Crippen molar-refractivity contribution < 1.29 is 29.3 Å². The molecule has 1 amide bonds. The molecule has 0 spiro atoms. The number of aromatic nitrogens is 2. The Hall–Kier alpha value is -4.79. The Balaban J connectivity index is 1.73. The number of Topliss-reactive ketones (excluding diaryl/α,β-unsaturated/α-hetero) is 1. The van der Waals surface area contributed by atoms with Gasteiger partial charge in [-0.25, -0.2) is 4.98 Å². The number of fused-ring (bicyclic) bond motifs is 1. The van der Waals surface area contributed by atoms with Crippen LogP contribution in [0.4, 0.5) is 5.95 Å². The van der Waals surface area contributed by atoms with Crippen LogP contribution in [0.2, 0.25) is 0 Å². The number of H-pyrrole nitrogens is 1. The summed E-state index contributed by atoms with van der Waals surface area (Å²) in [5, 5.41) is 21.6. The number of benzene rings is 3. The van der Waals surface area contributed by atoms with Gasteiger partial charge in [0, 0.05) is 5.56 Å². The summed E-state index contributed by atoms with van der Waals surface area (Å²) in [4.78, 5) is 35.8. The van der Waals surface area contributed by atoms with Crippen LogP contribution in [-0.2, 0) is 9.59 Å². The smallest absolute Gasteiger partial charge is 0.302 e. The highest BCUT2D eigenvalue weighted by Gasteiger charge is 2.48. The van der Waals surface area contributed by atoms with Crippen LogP contribution < -0.4 is 14.4 Å². The minimum absolute atomic E-state index is 0.0862. The molecule has 2 heterocycles. The molecule has 4 aromatic rings. The third-order valence-corrected chi connectivity index (χ3v) is 6.26. The number of aromatic amines is 1. The van der Waals surface area contributed by atoms with Crippen molar-refractivity contribution in [3.63, 3.8) is 0 Å². The number of rotatable bonds is 6. The second-order valence-corrected chi connectivity index (χ2v) is 8.64. The highest BCUT2D eigenvalue weighted by atomic mass is 16.5. The standard InChI is InChI=1S/C28H25N3O6/c1-4-37-22-14-17(8-12-21(22)32)24-23(25(33)16-6-9-18(36-3)10-7-16)26(34)27(35)31(24)28-29-19-11-5-15(2)13-20(19)30-28/h5-14,24,32-33H,4H2,1-3H3,(H,29,30)/b25-23+. The van der Waals surface area contributed by atoms with E-state index in [4.69, 9.17) is 9.47 Å². The highest BCUT2D eigenvalue weighted by Crippen LogP contribution is 2.43. The second-order valence-electron chi connectivity index (χ2n) is 8.64. The first-order valence-electron chi connectivity index (χ1n) is 11.7. The van der Waals surface area contributed by atoms with Crippen molar-refractivity contribution in [1.29, 1.82) is 0 Å². The van der Waals surface area contributed by atoms with Gasteiger partial charge in [-0.1, -0.05) is 12.1 Å². The Morgan fingerprint density at radius 1 is 1.08 bits per heavy atom. The number of phenolic OH excluding ortho intramolecular Hbond substituents is 1. The van der Waals surface area contributed by atoms with E-state index in [9.17, 15) is 19.8 Å². The van der Waals surface area contributed by atoms with Gasteiger partial charge in [-0.15, -0.1) is 0 Å². The van der Waals surface area contributed by atoms with Crippen LogP contribution in [0.15, 0.2) is 66.2 Å². The summed E-state index contributed by atoms with van der Waals surface area (Å²) >= 11 is 0. The quantitative estimate of drug-likeness (QED) is 0.201. The number of nitrogens with one attached hydrogen (secondary N) is 1. The summed E-state index contributed by atoms with van der Waals surface area (Å²) in [5.74, 6) is -1.21. The molecule has 5 rings (SSSR count). The summed E-state index contributed by atoms with van der Waals surface area (Å²) < 4.78 is 10.7. The Bertz CT molecular complexity index is 1550. The van der Waals surface area contributed by atoms with E-state index in [1.165, 1.54) is 18.1 Å². The first-order valence-corrected chi connectivity index (χ1v) is 11.7. The summed E-state index contributed by atoms with van der Waals surface area (Å²) in [5.41, 5.74) is 3.00. The van der Waals surface area contributed by atoms with Crippen molar-refractivity contribution in [2.75, 3.05) is 18.6 Å². The minimum Gasteiger partial charge on any atom is -0.507 e. The van der Waals surface area contributed by atoms with E-state index in [0.29, 0.717) is 34.5 Å². The summed E-state index contributed by atoms with van der Waals surface area (Å²) in [6.45, 7) is 4.01. The number of anilines is 1. The SMILES string of the molecule is CCOc1cc(C2/C(=C(\O)c3ccc(OC)cc3)C(=O)C(=O)N2c2nc3ccc(C)cc3[nH]2)ccc1O. The molecule has 0 saturated carbocycles. The lowest BCUT2D eigenvalue weighted by Gasteiger charge is -2.23. The maximum Gasteiger partial charge on any atom is 0.302 e. The maximum atomic E-state index is 13.4. The van der Waals surface area contributed by atoms with Gasteiger partial charge < -0.3 is 24.7 Å². The van der Waals surface area contributed by atoms with E-state index in [2.05, 4.69) is 9.97 Å². The highest BCUT2D eigenvalue weighted by molar-refractivity contribution is 6.51. The molecule has 0 radical (unpaired) electrons. The molecule has 1 aromatic heterocycles. The van der Waals surface area contributed by atoms with Crippen molar-refractivity contribution in [3.05, 3.63) is 82.9 Å². The number of phenols is 1. The second kappa shape index (κ2) is 9.34. The molecule has 1 unspecified atom stereocenters. The van der Waals surface area contributed by atoms with Gasteiger partial charge in [-0.05, 0) is 73.5 Å². The summed E-state index contributed by atoms with van der Waals surface area (Å²) in [7, 11) is 1.52. The van der Waals surface area contributed by atoms with Gasteiger partial charge in [0.25, 0.3) is 5.78 Å². The average molecular weight is 500 g/mol. The number of amides is 1. The third kappa shape index (κ3) is 4.14. The van der Waals surface area contributed by atoms with Gasteiger partial charge in [0.05, 0.1) is 36.4 Å².